The second-order valence-electron chi connectivity index (χ2n) is 7.73. The van der Waals surface area contributed by atoms with Crippen molar-refractivity contribution < 1.29 is 19.1 Å². The Bertz CT molecular complexity index is 1390. The molecular formula is C22H23N5O6. The lowest BCUT2D eigenvalue weighted by molar-refractivity contribution is -0.122. The highest BCUT2D eigenvalue weighted by molar-refractivity contribution is 6.04. The molecule has 2 amide bonds. The highest BCUT2D eigenvalue weighted by atomic mass is 16.5. The Labute approximate surface area is 188 Å². The first-order valence-electron chi connectivity index (χ1n) is 10.1. The summed E-state index contributed by atoms with van der Waals surface area (Å²) >= 11 is 0. The summed E-state index contributed by atoms with van der Waals surface area (Å²) in [6.45, 7) is 0.192. The number of aryl methyl sites for hydroxylation is 1. The topological polar surface area (TPSA) is 125 Å². The predicted molar refractivity (Wildman–Crippen MR) is 121 cm³/mol. The van der Waals surface area contributed by atoms with Gasteiger partial charge in [0.2, 0.25) is 11.8 Å². The van der Waals surface area contributed by atoms with E-state index in [1.54, 1.807) is 18.2 Å². The minimum atomic E-state index is -0.593. The van der Waals surface area contributed by atoms with E-state index in [4.69, 9.17) is 9.47 Å². The van der Waals surface area contributed by atoms with Gasteiger partial charge in [0.25, 0.3) is 5.56 Å². The molecule has 2 aromatic heterocycles. The molecule has 1 aromatic carbocycles. The number of aromatic nitrogens is 3. The van der Waals surface area contributed by atoms with Gasteiger partial charge >= 0.3 is 5.69 Å². The Hall–Kier alpha value is -4.15. The van der Waals surface area contributed by atoms with Gasteiger partial charge in [0.15, 0.2) is 11.5 Å². The van der Waals surface area contributed by atoms with Crippen molar-refractivity contribution in [3.63, 3.8) is 0 Å². The quantitative estimate of drug-likeness (QED) is 0.601. The van der Waals surface area contributed by atoms with Crippen molar-refractivity contribution >= 4 is 34.2 Å². The molecule has 1 saturated heterocycles. The standard InChI is InChI=1S/C22H23N5O6/c1-25-19-15(21(30)26(2)22(25)31)8-13(10-23-19)24-20(29)12-7-18(28)27(11-12)14-5-6-16(32-3)17(9-14)33-4/h5-6,8-10,12H,7,11H2,1-4H3,(H,24,29). The van der Waals surface area contributed by atoms with E-state index in [1.807, 2.05) is 0 Å². The third kappa shape index (κ3) is 3.81. The fourth-order valence-electron chi connectivity index (χ4n) is 3.90. The largest absolute Gasteiger partial charge is 0.493 e. The van der Waals surface area contributed by atoms with E-state index in [1.165, 1.54) is 50.0 Å². The normalized spacial score (nSPS) is 15.7. The Kier molecular flexibility index (Phi) is 5.62. The molecule has 1 aliphatic rings. The van der Waals surface area contributed by atoms with Gasteiger partial charge in [-0.25, -0.2) is 9.78 Å². The van der Waals surface area contributed by atoms with Gasteiger partial charge in [-0.3, -0.25) is 23.5 Å². The predicted octanol–water partition coefficient (Wildman–Crippen LogP) is 0.641. The van der Waals surface area contributed by atoms with Crippen LogP contribution in [0.4, 0.5) is 11.4 Å². The summed E-state index contributed by atoms with van der Waals surface area (Å²) in [4.78, 5) is 55.7. The number of carbonyl (C=O) groups is 2. The van der Waals surface area contributed by atoms with Crippen LogP contribution in [0, 0.1) is 5.92 Å². The van der Waals surface area contributed by atoms with E-state index in [-0.39, 0.29) is 35.8 Å². The van der Waals surface area contributed by atoms with Crippen LogP contribution in [0.5, 0.6) is 11.5 Å². The third-order valence-corrected chi connectivity index (χ3v) is 5.74. The molecule has 11 nitrogen and oxygen atoms in total. The summed E-state index contributed by atoms with van der Waals surface area (Å²) in [6.07, 6.45) is 1.42. The molecule has 0 bridgehead atoms. The van der Waals surface area contributed by atoms with Crippen LogP contribution in [0.15, 0.2) is 40.1 Å². The summed E-state index contributed by atoms with van der Waals surface area (Å²) in [6, 6.07) is 6.59. The van der Waals surface area contributed by atoms with E-state index in [2.05, 4.69) is 10.3 Å². The number of nitrogens with zero attached hydrogens (tertiary/aromatic N) is 4. The maximum absolute atomic E-state index is 12.9. The number of methoxy groups -OCH3 is 2. The number of nitrogens with one attached hydrogen (secondary N) is 1. The number of amides is 2. The van der Waals surface area contributed by atoms with Crippen molar-refractivity contribution in [2.45, 2.75) is 6.42 Å². The van der Waals surface area contributed by atoms with Crippen LogP contribution in [-0.4, -0.2) is 46.7 Å². The Morgan fingerprint density at radius 3 is 2.48 bits per heavy atom. The van der Waals surface area contributed by atoms with Gasteiger partial charge in [-0.1, -0.05) is 0 Å². The second-order valence-corrected chi connectivity index (χ2v) is 7.73. The van der Waals surface area contributed by atoms with Gasteiger partial charge in [0.05, 0.1) is 37.4 Å². The average Bonchev–Trinajstić information content (AvgIpc) is 3.22. The minimum Gasteiger partial charge on any atom is -0.493 e. The molecule has 3 heterocycles. The van der Waals surface area contributed by atoms with Crippen molar-refractivity contribution in [2.75, 3.05) is 31.0 Å². The molecular weight excluding hydrogens is 430 g/mol. The Balaban J connectivity index is 1.55. The highest BCUT2D eigenvalue weighted by Gasteiger charge is 2.35. The molecule has 0 aliphatic carbocycles. The van der Waals surface area contributed by atoms with Crippen molar-refractivity contribution in [1.29, 1.82) is 0 Å². The van der Waals surface area contributed by atoms with E-state index in [0.29, 0.717) is 22.9 Å². The molecule has 4 rings (SSSR count). The maximum Gasteiger partial charge on any atom is 0.332 e. The van der Waals surface area contributed by atoms with Crippen LogP contribution in [0.2, 0.25) is 0 Å². The molecule has 1 atom stereocenters. The molecule has 172 valence electrons. The number of pyridine rings is 1. The maximum atomic E-state index is 12.9. The fourth-order valence-corrected chi connectivity index (χ4v) is 3.90. The SMILES string of the molecule is COc1ccc(N2CC(C(=O)Nc3cnc4c(c3)c(=O)n(C)c(=O)n4C)CC2=O)cc1OC. The Morgan fingerprint density at radius 1 is 1.06 bits per heavy atom. The summed E-state index contributed by atoms with van der Waals surface area (Å²) < 4.78 is 12.8. The molecule has 11 heteroatoms. The zero-order chi connectivity index (χ0) is 23.9. The van der Waals surface area contributed by atoms with Gasteiger partial charge in [-0.05, 0) is 18.2 Å². The van der Waals surface area contributed by atoms with E-state index in [9.17, 15) is 19.2 Å². The lowest BCUT2D eigenvalue weighted by Gasteiger charge is -2.18. The summed E-state index contributed by atoms with van der Waals surface area (Å²) in [7, 11) is 5.92. The zero-order valence-electron chi connectivity index (χ0n) is 18.6. The first-order valence-corrected chi connectivity index (χ1v) is 10.1. The van der Waals surface area contributed by atoms with Crippen LogP contribution in [0.1, 0.15) is 6.42 Å². The van der Waals surface area contributed by atoms with Crippen molar-refractivity contribution in [3.05, 3.63) is 51.3 Å². The number of hydrogen-bond donors (Lipinski definition) is 1. The lowest BCUT2D eigenvalue weighted by atomic mass is 10.1. The molecule has 1 N–H and O–H groups in total. The number of carbonyl (C=O) groups excluding carboxylic acids is 2. The monoisotopic (exact) mass is 453 g/mol. The number of hydrogen-bond acceptors (Lipinski definition) is 7. The second kappa shape index (κ2) is 8.41. The van der Waals surface area contributed by atoms with Crippen molar-refractivity contribution in [3.8, 4) is 11.5 Å². The summed E-state index contributed by atoms with van der Waals surface area (Å²) in [5, 5.41) is 2.93. The molecule has 1 aliphatic heterocycles. The smallest absolute Gasteiger partial charge is 0.332 e. The van der Waals surface area contributed by atoms with Gasteiger partial charge in [-0.2, -0.15) is 0 Å². The van der Waals surface area contributed by atoms with Gasteiger partial charge < -0.3 is 19.7 Å². The van der Waals surface area contributed by atoms with Crippen LogP contribution in [-0.2, 0) is 23.7 Å². The van der Waals surface area contributed by atoms with E-state index >= 15 is 0 Å². The van der Waals surface area contributed by atoms with E-state index in [0.717, 1.165) is 4.57 Å². The van der Waals surface area contributed by atoms with Crippen molar-refractivity contribution in [1.82, 2.24) is 14.1 Å². The Morgan fingerprint density at radius 2 is 1.79 bits per heavy atom. The van der Waals surface area contributed by atoms with Crippen LogP contribution < -0.4 is 30.9 Å². The van der Waals surface area contributed by atoms with Crippen LogP contribution in [0.25, 0.3) is 11.0 Å². The highest BCUT2D eigenvalue weighted by Crippen LogP contribution is 2.34. The first kappa shape index (κ1) is 22.1. The number of anilines is 2. The summed E-state index contributed by atoms with van der Waals surface area (Å²) in [5.41, 5.74) is 0.130. The first-order chi connectivity index (χ1) is 15.7. The number of benzene rings is 1. The molecule has 0 radical (unpaired) electrons. The zero-order valence-corrected chi connectivity index (χ0v) is 18.6. The molecule has 0 spiro atoms. The molecule has 1 unspecified atom stereocenters. The third-order valence-electron chi connectivity index (χ3n) is 5.74. The number of rotatable bonds is 5. The van der Waals surface area contributed by atoms with Gasteiger partial charge in [0.1, 0.15) is 5.65 Å². The van der Waals surface area contributed by atoms with Crippen molar-refractivity contribution in [2.24, 2.45) is 20.0 Å². The fraction of sp³-hybridized carbons (Fsp3) is 0.318. The molecule has 33 heavy (non-hydrogen) atoms. The van der Waals surface area contributed by atoms with E-state index < -0.39 is 17.2 Å². The molecule has 3 aromatic rings. The minimum absolute atomic E-state index is 0.0391. The van der Waals surface area contributed by atoms with Gasteiger partial charge in [-0.15, -0.1) is 0 Å². The average molecular weight is 453 g/mol. The lowest BCUT2D eigenvalue weighted by Crippen LogP contribution is -2.37. The summed E-state index contributed by atoms with van der Waals surface area (Å²) in [5.74, 6) is -0.134. The van der Waals surface area contributed by atoms with Crippen LogP contribution in [0.3, 0.4) is 0 Å². The number of ether oxygens (including phenoxy) is 2. The molecule has 0 saturated carbocycles. The van der Waals surface area contributed by atoms with Gasteiger partial charge in [0, 0.05) is 38.8 Å². The molecule has 1 fully saturated rings. The number of fused-ring (bicyclic) bond motifs is 1. The van der Waals surface area contributed by atoms with Crippen LogP contribution >= 0.6 is 0 Å².